The van der Waals surface area contributed by atoms with Gasteiger partial charge in [-0.25, -0.2) is 0 Å². The lowest BCUT2D eigenvalue weighted by atomic mass is 9.62. The number of amides is 3. The van der Waals surface area contributed by atoms with Crippen molar-refractivity contribution in [2.24, 2.45) is 23.7 Å². The lowest BCUT2D eigenvalue weighted by Crippen LogP contribution is -2.60. The third-order valence-corrected chi connectivity index (χ3v) is 10.3. The van der Waals surface area contributed by atoms with E-state index in [2.05, 4.69) is 13.2 Å². The van der Waals surface area contributed by atoms with Gasteiger partial charge in [0.25, 0.3) is 5.91 Å². The van der Waals surface area contributed by atoms with Crippen LogP contribution in [0.25, 0.3) is 0 Å². The minimum Gasteiger partial charge on any atom is -0.394 e. The van der Waals surface area contributed by atoms with Crippen molar-refractivity contribution >= 4 is 40.7 Å². The molecule has 1 N–H and O–H groups in total. The summed E-state index contributed by atoms with van der Waals surface area (Å²) in [6.07, 6.45) is 3.68. The van der Waals surface area contributed by atoms with E-state index in [1.807, 2.05) is 58.0 Å². The lowest BCUT2D eigenvalue weighted by Gasteiger charge is -2.40. The summed E-state index contributed by atoms with van der Waals surface area (Å²) in [6, 6.07) is 14.6. The summed E-state index contributed by atoms with van der Waals surface area (Å²) in [4.78, 5) is 49.1. The maximum Gasteiger partial charge on any atom is 0.253 e. The van der Waals surface area contributed by atoms with Crippen molar-refractivity contribution in [2.45, 2.75) is 57.4 Å². The van der Waals surface area contributed by atoms with Gasteiger partial charge in [0.05, 0.1) is 40.8 Å². The molecule has 3 saturated heterocycles. The highest BCUT2D eigenvalue weighted by atomic mass is 35.5. The summed E-state index contributed by atoms with van der Waals surface area (Å²) in [5.41, 5.74) is -1.12. The van der Waals surface area contributed by atoms with Crippen LogP contribution >= 0.6 is 11.6 Å². The summed E-state index contributed by atoms with van der Waals surface area (Å²) in [7, 11) is 0. The van der Waals surface area contributed by atoms with Crippen molar-refractivity contribution in [2.75, 3.05) is 29.5 Å². The number of aliphatic hydroxyl groups is 1. The van der Waals surface area contributed by atoms with E-state index in [1.54, 1.807) is 41.3 Å². The molecule has 0 aliphatic carbocycles. The van der Waals surface area contributed by atoms with E-state index >= 15 is 0 Å². The lowest BCUT2D eigenvalue weighted by molar-refractivity contribution is -0.150. The number of likely N-dealkylation sites (tertiary alicyclic amines) is 1. The number of nitrogens with zero attached hydrogens (tertiary/aromatic N) is 3. The van der Waals surface area contributed by atoms with Crippen LogP contribution in [0.1, 0.15) is 34.1 Å². The Morgan fingerprint density at radius 3 is 2.27 bits per heavy atom. The number of aliphatic hydroxyl groups excluding tert-OH is 1. The van der Waals surface area contributed by atoms with Crippen molar-refractivity contribution in [3.05, 3.63) is 84.9 Å². The third kappa shape index (κ3) is 4.78. The van der Waals surface area contributed by atoms with Crippen molar-refractivity contribution in [1.29, 1.82) is 0 Å². The highest BCUT2D eigenvalue weighted by Crippen LogP contribution is 2.66. The second kappa shape index (κ2) is 12.1. The number of anilines is 2. The van der Waals surface area contributed by atoms with Gasteiger partial charge in [-0.3, -0.25) is 14.4 Å². The number of halogens is 1. The second-order valence-corrected chi connectivity index (χ2v) is 13.1. The second-order valence-electron chi connectivity index (χ2n) is 12.7. The molecule has 3 fully saturated rings. The summed E-state index contributed by atoms with van der Waals surface area (Å²) in [5, 5.41) is 11.0. The SMILES string of the molecule is C=CCN(C(=O)[C@H]1[C@H]2C(=O)N([C@@H](CO)C(C)C)C(C(=O)N(CC=C)c3ccccc3Cl)C23CC(C)[C@]1(C)O3)c1ccccc1. The molecular formula is C35H42ClN3O5. The van der Waals surface area contributed by atoms with E-state index in [1.165, 1.54) is 9.80 Å². The standard InChI is InChI=1S/C35H42ClN3O5/c1-7-18-37(24-14-10-9-11-15-24)31(41)28-29-32(42)39(27(21-40)22(3)4)30(35(29)20-23(5)34(28,6)44-35)33(43)38(19-8-2)26-17-13-12-16-25(26)36/h7-17,22-23,27-30,40H,1-2,18-21H2,3-6H3/t23?,27-,28+,29-,30?,34-,35?/m0/s1. The smallest absolute Gasteiger partial charge is 0.253 e. The van der Waals surface area contributed by atoms with Gasteiger partial charge in [0.2, 0.25) is 11.8 Å². The first-order chi connectivity index (χ1) is 21.0. The molecule has 3 aliphatic heterocycles. The van der Waals surface area contributed by atoms with Crippen LogP contribution in [0.5, 0.6) is 0 Å². The summed E-state index contributed by atoms with van der Waals surface area (Å²) >= 11 is 6.59. The molecule has 3 amide bonds. The number of rotatable bonds is 11. The molecule has 5 rings (SSSR count). The molecule has 0 saturated carbocycles. The molecule has 44 heavy (non-hydrogen) atoms. The van der Waals surface area contributed by atoms with Crippen LogP contribution in [0.2, 0.25) is 5.02 Å². The van der Waals surface area contributed by atoms with Crippen molar-refractivity contribution < 1.29 is 24.2 Å². The highest BCUT2D eigenvalue weighted by Gasteiger charge is 2.80. The van der Waals surface area contributed by atoms with Gasteiger partial charge in [-0.2, -0.15) is 0 Å². The van der Waals surface area contributed by atoms with Crippen LogP contribution in [0.4, 0.5) is 11.4 Å². The van der Waals surface area contributed by atoms with Gasteiger partial charge in [0, 0.05) is 18.8 Å². The average Bonchev–Trinajstić information content (AvgIpc) is 3.52. The monoisotopic (exact) mass is 619 g/mol. The van der Waals surface area contributed by atoms with Gasteiger partial charge in [0.15, 0.2) is 0 Å². The molecule has 234 valence electrons. The van der Waals surface area contributed by atoms with E-state index < -0.39 is 35.1 Å². The Morgan fingerprint density at radius 1 is 1.07 bits per heavy atom. The number of para-hydroxylation sites is 2. The Kier molecular flexibility index (Phi) is 8.82. The van der Waals surface area contributed by atoms with Gasteiger partial charge >= 0.3 is 0 Å². The van der Waals surface area contributed by atoms with Crippen LogP contribution in [0.3, 0.4) is 0 Å². The summed E-state index contributed by atoms with van der Waals surface area (Å²) in [6.45, 7) is 15.5. The fourth-order valence-electron chi connectivity index (χ4n) is 7.79. The van der Waals surface area contributed by atoms with Gasteiger partial charge < -0.3 is 24.5 Å². The Hall–Kier alpha value is -3.46. The van der Waals surface area contributed by atoms with Crippen LogP contribution in [0, 0.1) is 23.7 Å². The molecule has 0 radical (unpaired) electrons. The molecule has 3 aliphatic rings. The molecule has 2 aromatic rings. The van der Waals surface area contributed by atoms with Gasteiger partial charge in [-0.15, -0.1) is 13.2 Å². The number of carbonyl (C=O) groups is 3. The fourth-order valence-corrected chi connectivity index (χ4v) is 8.03. The predicted octanol–water partition coefficient (Wildman–Crippen LogP) is 5.11. The van der Waals surface area contributed by atoms with Gasteiger partial charge in [-0.05, 0) is 49.4 Å². The first kappa shape index (κ1) is 31.9. The zero-order valence-corrected chi connectivity index (χ0v) is 26.6. The van der Waals surface area contributed by atoms with E-state index in [0.29, 0.717) is 22.8 Å². The van der Waals surface area contributed by atoms with E-state index in [9.17, 15) is 19.5 Å². The molecule has 3 unspecified atom stereocenters. The normalized spacial score (nSPS) is 29.4. The van der Waals surface area contributed by atoms with Crippen molar-refractivity contribution in [3.8, 4) is 0 Å². The molecule has 9 heteroatoms. The zero-order chi connectivity index (χ0) is 32.0. The van der Waals surface area contributed by atoms with Crippen LogP contribution in [0.15, 0.2) is 79.9 Å². The zero-order valence-electron chi connectivity index (χ0n) is 25.9. The summed E-state index contributed by atoms with van der Waals surface area (Å²) in [5.74, 6) is -3.10. The Labute approximate surface area is 264 Å². The van der Waals surface area contributed by atoms with Gasteiger partial charge in [-0.1, -0.05) is 74.9 Å². The van der Waals surface area contributed by atoms with Crippen molar-refractivity contribution in [3.63, 3.8) is 0 Å². The number of carbonyl (C=O) groups excluding carboxylic acids is 3. The number of hydrogen-bond donors (Lipinski definition) is 1. The Bertz CT molecular complexity index is 1450. The van der Waals surface area contributed by atoms with E-state index in [-0.39, 0.29) is 49.3 Å². The van der Waals surface area contributed by atoms with Crippen LogP contribution in [-0.4, -0.2) is 70.7 Å². The first-order valence-electron chi connectivity index (χ1n) is 15.3. The van der Waals surface area contributed by atoms with E-state index in [4.69, 9.17) is 16.3 Å². The molecule has 3 heterocycles. The fraction of sp³-hybridized carbons (Fsp3) is 0.457. The Balaban J connectivity index is 1.68. The molecule has 8 nitrogen and oxygen atoms in total. The maximum atomic E-state index is 14.9. The molecule has 1 spiro atoms. The minimum atomic E-state index is -1.29. The minimum absolute atomic E-state index is 0.142. The quantitative estimate of drug-likeness (QED) is 0.353. The molecule has 2 aromatic carbocycles. The number of hydrogen-bond acceptors (Lipinski definition) is 5. The van der Waals surface area contributed by atoms with Crippen LogP contribution in [-0.2, 0) is 19.1 Å². The molecule has 7 atom stereocenters. The van der Waals surface area contributed by atoms with Gasteiger partial charge in [0.1, 0.15) is 11.6 Å². The first-order valence-corrected chi connectivity index (χ1v) is 15.6. The Morgan fingerprint density at radius 2 is 1.68 bits per heavy atom. The highest BCUT2D eigenvalue weighted by molar-refractivity contribution is 6.34. The summed E-state index contributed by atoms with van der Waals surface area (Å²) < 4.78 is 6.96. The maximum absolute atomic E-state index is 14.9. The van der Waals surface area contributed by atoms with E-state index in [0.717, 1.165) is 0 Å². The van der Waals surface area contributed by atoms with Crippen LogP contribution < -0.4 is 9.80 Å². The average molecular weight is 620 g/mol. The molecule has 2 bridgehead atoms. The predicted molar refractivity (Wildman–Crippen MR) is 172 cm³/mol. The number of ether oxygens (including phenoxy) is 1. The largest absolute Gasteiger partial charge is 0.394 e. The number of fused-ring (bicyclic) bond motifs is 1. The number of benzene rings is 2. The third-order valence-electron chi connectivity index (χ3n) is 9.93. The molecular weight excluding hydrogens is 578 g/mol. The topological polar surface area (TPSA) is 90.4 Å². The van der Waals surface area contributed by atoms with Crippen molar-refractivity contribution in [1.82, 2.24) is 4.90 Å². The molecule has 0 aromatic heterocycles.